The zero-order valence-electron chi connectivity index (χ0n) is 10.4. The Hall–Kier alpha value is -1.95. The molecule has 3 heteroatoms. The number of methoxy groups -OCH3 is 1. The first-order chi connectivity index (χ1) is 8.01. The lowest BCUT2D eigenvalue weighted by atomic mass is 10.1. The van der Waals surface area contributed by atoms with Crippen molar-refractivity contribution in [2.24, 2.45) is 0 Å². The minimum Gasteiger partial charge on any atom is -0.496 e. The largest absolute Gasteiger partial charge is 0.496 e. The van der Waals surface area contributed by atoms with Gasteiger partial charge in [0.15, 0.2) is 0 Å². The van der Waals surface area contributed by atoms with Crippen LogP contribution in [0.4, 0.5) is 0 Å². The van der Waals surface area contributed by atoms with Crippen LogP contribution in [-0.4, -0.2) is 12.0 Å². The summed E-state index contributed by atoms with van der Waals surface area (Å²) in [5.74, 6) is 0.272. The zero-order valence-corrected chi connectivity index (χ0v) is 7.37. The van der Waals surface area contributed by atoms with Gasteiger partial charge in [-0.15, -0.1) is 0 Å². The Bertz CT molecular complexity index is 580. The average molecular weight is 189 g/mol. The molecule has 1 heterocycles. The van der Waals surface area contributed by atoms with E-state index >= 15 is 0 Å². The highest BCUT2D eigenvalue weighted by molar-refractivity contribution is 5.89. The van der Waals surface area contributed by atoms with E-state index < -0.39 is 7.04 Å². The molecule has 1 aromatic heterocycles. The predicted molar refractivity (Wildman–Crippen MR) is 54.2 cm³/mol. The fraction of sp³-hybridized carbons (Fsp3) is 0.182. The number of aromatic amines is 1. The summed E-state index contributed by atoms with van der Waals surface area (Å²) in [6.45, 7) is 0. The summed E-state index contributed by atoms with van der Waals surface area (Å²) in [5, 5.41) is 9.36. The average Bonchev–Trinajstić information content (AvgIpc) is 2.61. The monoisotopic (exact) mass is 189 g/mol. The van der Waals surface area contributed by atoms with Crippen LogP contribution in [0, 0.1) is 11.3 Å². The third kappa shape index (κ3) is 1.21. The van der Waals surface area contributed by atoms with Gasteiger partial charge in [-0.3, -0.25) is 0 Å². The fourth-order valence-corrected chi connectivity index (χ4v) is 1.53. The first-order valence-corrected chi connectivity index (χ1v) is 4.16. The lowest BCUT2D eigenvalue weighted by Gasteiger charge is -2.02. The molecule has 0 aliphatic rings. The van der Waals surface area contributed by atoms with Crippen molar-refractivity contribution in [3.05, 3.63) is 30.0 Å². The van der Waals surface area contributed by atoms with Crippen molar-refractivity contribution in [2.45, 2.75) is 6.42 Å². The van der Waals surface area contributed by atoms with Gasteiger partial charge in [-0.05, 0) is 17.7 Å². The Kier molecular flexibility index (Phi) is 1.40. The van der Waals surface area contributed by atoms with Gasteiger partial charge in [0.05, 0.1) is 23.6 Å². The van der Waals surface area contributed by atoms with Crippen LogP contribution in [0.2, 0.25) is 0 Å². The van der Waals surface area contributed by atoms with Crippen LogP contribution in [0.25, 0.3) is 10.9 Å². The molecule has 0 aliphatic heterocycles. The number of benzene rings is 1. The molecule has 0 saturated heterocycles. The Morgan fingerprint density at radius 1 is 1.64 bits per heavy atom. The first kappa shape index (κ1) is 5.71. The van der Waals surface area contributed by atoms with Gasteiger partial charge in [0.25, 0.3) is 0 Å². The summed E-state index contributed by atoms with van der Waals surface area (Å²) in [6, 6.07) is 7.14. The lowest BCUT2D eigenvalue weighted by Crippen LogP contribution is -1.85. The third-order valence-corrected chi connectivity index (χ3v) is 2.13. The second-order valence-corrected chi connectivity index (χ2v) is 2.93. The summed E-state index contributed by atoms with van der Waals surface area (Å²) in [5.41, 5.74) is 1.50. The minimum atomic E-state index is -2.49. The molecule has 70 valence electrons. The molecule has 0 amide bonds. The molecule has 0 bridgehead atoms. The molecule has 3 nitrogen and oxygen atoms in total. The molecule has 0 radical (unpaired) electrons. The molecule has 1 aromatic carbocycles. The lowest BCUT2D eigenvalue weighted by molar-refractivity contribution is 0.419. The fourth-order valence-electron chi connectivity index (χ4n) is 1.53. The zero-order chi connectivity index (χ0) is 12.5. The van der Waals surface area contributed by atoms with Crippen LogP contribution < -0.4 is 4.74 Å². The van der Waals surface area contributed by atoms with Gasteiger partial charge in [0, 0.05) is 17.1 Å². The second kappa shape index (κ2) is 3.43. The van der Waals surface area contributed by atoms with E-state index in [0.717, 1.165) is 11.1 Å². The molecule has 1 N–H and O–H groups in total. The molecule has 0 spiro atoms. The van der Waals surface area contributed by atoms with Gasteiger partial charge in [-0.2, -0.15) is 5.26 Å². The van der Waals surface area contributed by atoms with Crippen LogP contribution in [-0.2, 0) is 6.42 Å². The van der Waals surface area contributed by atoms with Gasteiger partial charge in [0.2, 0.25) is 0 Å². The minimum absolute atomic E-state index is 0.210. The van der Waals surface area contributed by atoms with Crippen molar-refractivity contribution >= 4 is 10.9 Å². The topological polar surface area (TPSA) is 48.8 Å². The Labute approximate surface area is 86.1 Å². The van der Waals surface area contributed by atoms with Gasteiger partial charge in [0.1, 0.15) is 5.75 Å². The summed E-state index contributed by atoms with van der Waals surface area (Å²) >= 11 is 0. The maximum atomic E-state index is 8.71. The molecule has 0 fully saturated rings. The number of H-pyrrole nitrogens is 1. The molecule has 0 saturated carbocycles. The molecule has 0 aliphatic carbocycles. The van der Waals surface area contributed by atoms with Crippen LogP contribution in [0.5, 0.6) is 5.75 Å². The number of rotatable bonds is 2. The van der Waals surface area contributed by atoms with E-state index in [0.29, 0.717) is 5.39 Å². The first-order valence-electron chi connectivity index (χ1n) is 5.66. The Morgan fingerprint density at radius 2 is 2.57 bits per heavy atom. The number of nitriles is 1. The van der Waals surface area contributed by atoms with Gasteiger partial charge >= 0.3 is 0 Å². The molecule has 2 rings (SSSR count). The highest BCUT2D eigenvalue weighted by Crippen LogP contribution is 2.28. The van der Waals surface area contributed by atoms with Crippen LogP contribution in [0.3, 0.4) is 0 Å². The van der Waals surface area contributed by atoms with Crippen molar-refractivity contribution in [2.75, 3.05) is 7.04 Å². The van der Waals surface area contributed by atoms with Crippen molar-refractivity contribution in [3.63, 3.8) is 0 Å². The second-order valence-electron chi connectivity index (χ2n) is 2.93. The number of nitrogens with zero attached hydrogens (tertiary/aromatic N) is 1. The molecule has 0 atom stereocenters. The van der Waals surface area contributed by atoms with E-state index in [-0.39, 0.29) is 12.2 Å². The van der Waals surface area contributed by atoms with Crippen molar-refractivity contribution < 1.29 is 8.85 Å². The summed E-state index contributed by atoms with van der Waals surface area (Å²) in [7, 11) is -2.49. The molecule has 14 heavy (non-hydrogen) atoms. The van der Waals surface area contributed by atoms with E-state index in [1.165, 1.54) is 0 Å². The highest BCUT2D eigenvalue weighted by atomic mass is 16.5. The number of hydrogen-bond donors (Lipinski definition) is 1. The Morgan fingerprint density at radius 3 is 3.36 bits per heavy atom. The maximum Gasteiger partial charge on any atom is 0.128 e. The van der Waals surface area contributed by atoms with E-state index in [1.807, 2.05) is 12.1 Å². The van der Waals surface area contributed by atoms with Crippen LogP contribution in [0.1, 0.15) is 9.68 Å². The van der Waals surface area contributed by atoms with E-state index in [1.54, 1.807) is 18.3 Å². The SMILES string of the molecule is [2H]C([2H])([2H])Oc1cccc2[nH]cc(CC#N)c12. The number of aromatic nitrogens is 1. The standard InChI is InChI=1S/C11H10N2O/c1-14-10-4-2-3-9-11(10)8(5-6-12)7-13-9/h2-4,7,13H,5H2,1H3/i1D3. The van der Waals surface area contributed by atoms with Gasteiger partial charge in [-0.1, -0.05) is 6.07 Å². The summed E-state index contributed by atoms with van der Waals surface area (Å²) in [6.07, 6.45) is 1.90. The van der Waals surface area contributed by atoms with E-state index in [2.05, 4.69) is 4.98 Å². The van der Waals surface area contributed by atoms with Crippen LogP contribution in [0.15, 0.2) is 24.4 Å². The van der Waals surface area contributed by atoms with Gasteiger partial charge in [-0.25, -0.2) is 0 Å². The molecule has 2 aromatic rings. The smallest absolute Gasteiger partial charge is 0.128 e. The number of nitrogens with one attached hydrogen (secondary N) is 1. The van der Waals surface area contributed by atoms with Crippen molar-refractivity contribution in [1.82, 2.24) is 4.98 Å². The van der Waals surface area contributed by atoms with Gasteiger partial charge < -0.3 is 9.72 Å². The summed E-state index contributed by atoms with van der Waals surface area (Å²) in [4.78, 5) is 2.98. The van der Waals surface area contributed by atoms with Crippen molar-refractivity contribution in [1.29, 1.82) is 5.26 Å². The number of fused-ring (bicyclic) bond motifs is 1. The van der Waals surface area contributed by atoms with Crippen molar-refractivity contribution in [3.8, 4) is 11.8 Å². The quantitative estimate of drug-likeness (QED) is 0.787. The number of ether oxygens (including phenoxy) is 1. The molecular weight excluding hydrogens is 176 g/mol. The van der Waals surface area contributed by atoms with E-state index in [9.17, 15) is 0 Å². The third-order valence-electron chi connectivity index (χ3n) is 2.13. The molecule has 0 unspecified atom stereocenters. The van der Waals surface area contributed by atoms with E-state index in [4.69, 9.17) is 14.1 Å². The maximum absolute atomic E-state index is 8.71. The normalized spacial score (nSPS) is 14.1. The van der Waals surface area contributed by atoms with Crippen LogP contribution >= 0.6 is 0 Å². The Balaban J connectivity index is 2.55. The predicted octanol–water partition coefficient (Wildman–Crippen LogP) is 2.24. The summed E-state index contributed by atoms with van der Waals surface area (Å²) < 4.78 is 26.2. The number of hydrogen-bond acceptors (Lipinski definition) is 2. The molecular formula is C11H10N2O. The highest BCUT2D eigenvalue weighted by Gasteiger charge is 2.07.